The second-order valence-electron chi connectivity index (χ2n) is 6.65. The molecule has 3 N–H and O–H groups in total. The minimum Gasteiger partial charge on any atom is -0.393 e. The Labute approximate surface area is 120 Å². The smallest absolute Gasteiger partial charge is 0.212 e. The Kier molecular flexibility index (Phi) is 3.96. The summed E-state index contributed by atoms with van der Waals surface area (Å²) in [6.45, 7) is 4.11. The molecule has 0 aromatic carbocycles. The van der Waals surface area contributed by atoms with Crippen LogP contribution in [-0.4, -0.2) is 36.0 Å². The number of aliphatic hydroxyl groups is 1. The maximum Gasteiger partial charge on any atom is 0.212 e. The van der Waals surface area contributed by atoms with Crippen LogP contribution in [-0.2, 0) is 0 Å². The highest BCUT2D eigenvalue weighted by Crippen LogP contribution is 2.50. The number of nitrogens with zero attached hydrogens (tertiary/aromatic N) is 2. The Bertz CT molecular complexity index is 410. The Hall–Kier alpha value is -1.10. The molecule has 1 spiro atoms. The summed E-state index contributed by atoms with van der Waals surface area (Å²) in [4.78, 5) is 4.29. The van der Waals surface area contributed by atoms with E-state index in [2.05, 4.69) is 27.8 Å². The number of aliphatic imine (C=N–C) groups is 1. The van der Waals surface area contributed by atoms with Crippen molar-refractivity contribution < 1.29 is 5.11 Å². The van der Waals surface area contributed by atoms with E-state index in [9.17, 15) is 5.11 Å². The summed E-state index contributed by atoms with van der Waals surface area (Å²) in [7, 11) is 0. The zero-order valence-electron chi connectivity index (χ0n) is 12.4. The van der Waals surface area contributed by atoms with Crippen LogP contribution >= 0.6 is 0 Å². The quantitative estimate of drug-likeness (QED) is 0.639. The molecule has 3 aliphatic rings. The van der Waals surface area contributed by atoms with E-state index >= 15 is 0 Å². The summed E-state index contributed by atoms with van der Waals surface area (Å²) < 4.78 is 0. The highest BCUT2D eigenvalue weighted by atomic mass is 16.3. The van der Waals surface area contributed by atoms with Crippen LogP contribution in [0.3, 0.4) is 0 Å². The lowest BCUT2D eigenvalue weighted by Gasteiger charge is -2.46. The first-order chi connectivity index (χ1) is 9.68. The lowest BCUT2D eigenvalue weighted by Crippen LogP contribution is -2.40. The second-order valence-corrected chi connectivity index (χ2v) is 6.65. The van der Waals surface area contributed by atoms with Gasteiger partial charge in [0.25, 0.3) is 0 Å². The molecule has 1 unspecified atom stereocenters. The van der Waals surface area contributed by atoms with Gasteiger partial charge in [0.15, 0.2) is 0 Å². The fraction of sp³-hybridized carbons (Fsp3) is 0.867. The van der Waals surface area contributed by atoms with Gasteiger partial charge in [-0.2, -0.15) is 5.10 Å². The SMILES string of the molecule is CC1CC(=NNC2=NCCN2)CCC12CCC(O)CC2. The van der Waals surface area contributed by atoms with Crippen LogP contribution in [0.25, 0.3) is 0 Å². The molecule has 2 saturated carbocycles. The van der Waals surface area contributed by atoms with Crippen LogP contribution in [0.5, 0.6) is 0 Å². The predicted octanol–water partition coefficient (Wildman–Crippen LogP) is 1.63. The van der Waals surface area contributed by atoms with Crippen molar-refractivity contribution in [3.8, 4) is 0 Å². The molecule has 0 aromatic heterocycles. The molecule has 20 heavy (non-hydrogen) atoms. The predicted molar refractivity (Wildman–Crippen MR) is 80.8 cm³/mol. The molecular weight excluding hydrogens is 252 g/mol. The first-order valence-electron chi connectivity index (χ1n) is 7.96. The van der Waals surface area contributed by atoms with Gasteiger partial charge < -0.3 is 10.4 Å². The second kappa shape index (κ2) is 5.72. The Morgan fingerprint density at radius 1 is 1.35 bits per heavy atom. The maximum absolute atomic E-state index is 9.71. The fourth-order valence-corrected chi connectivity index (χ4v) is 3.94. The van der Waals surface area contributed by atoms with Crippen molar-refractivity contribution in [2.45, 2.75) is 58.0 Å². The van der Waals surface area contributed by atoms with E-state index in [0.717, 1.165) is 44.7 Å². The summed E-state index contributed by atoms with van der Waals surface area (Å²) in [6.07, 6.45) is 7.66. The van der Waals surface area contributed by atoms with Crippen LogP contribution in [0.2, 0.25) is 0 Å². The number of rotatable bonds is 1. The van der Waals surface area contributed by atoms with E-state index in [1.54, 1.807) is 0 Å². The fourth-order valence-electron chi connectivity index (χ4n) is 3.94. The third-order valence-corrected chi connectivity index (χ3v) is 5.44. The number of hydrogen-bond donors (Lipinski definition) is 3. The summed E-state index contributed by atoms with van der Waals surface area (Å²) in [5.41, 5.74) is 4.79. The normalized spacial score (nSPS) is 39.7. The molecule has 0 saturated heterocycles. The van der Waals surface area contributed by atoms with Crippen molar-refractivity contribution in [3.63, 3.8) is 0 Å². The van der Waals surface area contributed by atoms with Crippen molar-refractivity contribution in [2.24, 2.45) is 21.4 Å². The van der Waals surface area contributed by atoms with Crippen molar-refractivity contribution in [2.75, 3.05) is 13.1 Å². The van der Waals surface area contributed by atoms with Gasteiger partial charge in [0.2, 0.25) is 5.96 Å². The summed E-state index contributed by atoms with van der Waals surface area (Å²) in [5.74, 6) is 1.48. The topological polar surface area (TPSA) is 69.0 Å². The molecule has 1 heterocycles. The zero-order valence-corrected chi connectivity index (χ0v) is 12.4. The van der Waals surface area contributed by atoms with Crippen molar-refractivity contribution >= 4 is 11.7 Å². The summed E-state index contributed by atoms with van der Waals surface area (Å²) in [5, 5.41) is 17.4. The third-order valence-electron chi connectivity index (χ3n) is 5.44. The van der Waals surface area contributed by atoms with Crippen LogP contribution in [0, 0.1) is 11.3 Å². The molecule has 5 heteroatoms. The third kappa shape index (κ3) is 2.82. The van der Waals surface area contributed by atoms with Gasteiger partial charge in [-0.3, -0.25) is 0 Å². The molecule has 3 rings (SSSR count). The molecule has 0 aromatic rings. The lowest BCUT2D eigenvalue weighted by atomic mass is 9.59. The first kappa shape index (κ1) is 13.9. The Morgan fingerprint density at radius 2 is 2.15 bits per heavy atom. The van der Waals surface area contributed by atoms with Gasteiger partial charge in [-0.05, 0) is 56.3 Å². The molecule has 1 aliphatic heterocycles. The van der Waals surface area contributed by atoms with E-state index in [1.165, 1.54) is 25.0 Å². The molecule has 2 aliphatic carbocycles. The average Bonchev–Trinajstić information content (AvgIpc) is 2.96. The number of hydrazone groups is 1. The van der Waals surface area contributed by atoms with E-state index in [-0.39, 0.29) is 6.10 Å². The van der Waals surface area contributed by atoms with Gasteiger partial charge in [-0.25, -0.2) is 10.4 Å². The average molecular weight is 278 g/mol. The maximum atomic E-state index is 9.71. The van der Waals surface area contributed by atoms with Gasteiger partial charge in [0.05, 0.1) is 12.6 Å². The van der Waals surface area contributed by atoms with Crippen molar-refractivity contribution in [1.29, 1.82) is 0 Å². The number of nitrogens with one attached hydrogen (secondary N) is 2. The lowest BCUT2D eigenvalue weighted by molar-refractivity contribution is 0.0211. The highest BCUT2D eigenvalue weighted by molar-refractivity contribution is 5.88. The van der Waals surface area contributed by atoms with Crippen LogP contribution in [0.1, 0.15) is 51.9 Å². The number of guanidine groups is 1. The largest absolute Gasteiger partial charge is 0.393 e. The summed E-state index contributed by atoms with van der Waals surface area (Å²) >= 11 is 0. The van der Waals surface area contributed by atoms with Gasteiger partial charge in [-0.15, -0.1) is 0 Å². The highest BCUT2D eigenvalue weighted by Gasteiger charge is 2.42. The van der Waals surface area contributed by atoms with E-state index < -0.39 is 0 Å². The van der Waals surface area contributed by atoms with E-state index in [0.29, 0.717) is 11.3 Å². The molecule has 1 atom stereocenters. The minimum atomic E-state index is -0.0593. The molecule has 2 fully saturated rings. The standard InChI is InChI=1S/C15H26N4O/c1-11-10-12(18-19-14-16-8-9-17-14)2-5-15(11)6-3-13(20)4-7-15/h11,13,20H,2-10H2,1H3,(H2,16,17,19). The Balaban J connectivity index is 1.57. The van der Waals surface area contributed by atoms with Crippen molar-refractivity contribution in [1.82, 2.24) is 10.7 Å². The van der Waals surface area contributed by atoms with Gasteiger partial charge >= 0.3 is 0 Å². The van der Waals surface area contributed by atoms with Crippen LogP contribution in [0.15, 0.2) is 10.1 Å². The van der Waals surface area contributed by atoms with Crippen LogP contribution in [0.4, 0.5) is 0 Å². The molecule has 0 radical (unpaired) electrons. The molecule has 112 valence electrons. The summed E-state index contributed by atoms with van der Waals surface area (Å²) in [6, 6.07) is 0. The zero-order chi connectivity index (χ0) is 14.0. The monoisotopic (exact) mass is 278 g/mol. The van der Waals surface area contributed by atoms with E-state index in [4.69, 9.17) is 0 Å². The molecule has 0 bridgehead atoms. The van der Waals surface area contributed by atoms with Gasteiger partial charge in [0.1, 0.15) is 0 Å². The van der Waals surface area contributed by atoms with Crippen LogP contribution < -0.4 is 10.7 Å². The number of aliphatic hydroxyl groups excluding tert-OH is 1. The molecular formula is C15H26N4O. The van der Waals surface area contributed by atoms with Crippen molar-refractivity contribution in [3.05, 3.63) is 0 Å². The minimum absolute atomic E-state index is 0.0593. The first-order valence-corrected chi connectivity index (χ1v) is 7.96. The molecule has 5 nitrogen and oxygen atoms in total. The van der Waals surface area contributed by atoms with Gasteiger partial charge in [-0.1, -0.05) is 6.92 Å². The van der Waals surface area contributed by atoms with E-state index in [1.807, 2.05) is 0 Å². The molecule has 0 amide bonds. The Morgan fingerprint density at radius 3 is 2.80 bits per heavy atom. The van der Waals surface area contributed by atoms with Gasteiger partial charge in [0, 0.05) is 12.3 Å². The number of hydrogen-bond acceptors (Lipinski definition) is 5.